The zero-order valence-electron chi connectivity index (χ0n) is 21.3. The van der Waals surface area contributed by atoms with Crippen LogP contribution in [-0.4, -0.2) is 59.0 Å². The summed E-state index contributed by atoms with van der Waals surface area (Å²) in [5.74, 6) is 0.232. The Hall–Kier alpha value is -1.99. The van der Waals surface area contributed by atoms with E-state index in [9.17, 15) is 4.79 Å². The maximum Gasteiger partial charge on any atom is 0.262 e. The molecule has 0 saturated carbocycles. The number of halogens is 2. The van der Waals surface area contributed by atoms with Crippen molar-refractivity contribution in [3.8, 4) is 0 Å². The number of benzene rings is 2. The van der Waals surface area contributed by atoms with Gasteiger partial charge in [-0.1, -0.05) is 61.3 Å². The summed E-state index contributed by atoms with van der Waals surface area (Å²) in [7, 11) is 4.05. The van der Waals surface area contributed by atoms with E-state index in [1.807, 2.05) is 36.2 Å². The van der Waals surface area contributed by atoms with E-state index in [1.54, 1.807) is 0 Å². The second kappa shape index (κ2) is 9.71. The largest absolute Gasteiger partial charge is 0.337 e. The lowest BCUT2D eigenvalue weighted by molar-refractivity contribution is -0.127. The molecule has 0 aromatic heterocycles. The molecule has 3 aliphatic heterocycles. The van der Waals surface area contributed by atoms with Gasteiger partial charge < -0.3 is 14.7 Å². The van der Waals surface area contributed by atoms with Crippen molar-refractivity contribution in [3.05, 3.63) is 80.3 Å². The first-order valence-corrected chi connectivity index (χ1v) is 14.0. The Bertz CT molecular complexity index is 1230. The molecule has 1 saturated heterocycles. The number of nitrogens with zero attached hydrogens (tertiary/aromatic N) is 4. The quantitative estimate of drug-likeness (QED) is 0.438. The molecule has 0 radical (unpaired) electrons. The molecule has 1 fully saturated rings. The molecule has 3 heterocycles. The number of likely N-dealkylation sites (N-methyl/N-ethyl adjacent to an activating group) is 2. The van der Waals surface area contributed by atoms with Gasteiger partial charge in [-0.15, -0.1) is 0 Å². The van der Waals surface area contributed by atoms with Gasteiger partial charge in [-0.2, -0.15) is 0 Å². The van der Waals surface area contributed by atoms with Crippen LogP contribution in [-0.2, 0) is 10.3 Å². The number of aliphatic imine (C=N–C) groups is 1. The Labute approximate surface area is 228 Å². The lowest BCUT2D eigenvalue weighted by Gasteiger charge is -2.37. The molecule has 0 bridgehead atoms. The summed E-state index contributed by atoms with van der Waals surface area (Å²) in [5.41, 5.74) is 2.67. The van der Waals surface area contributed by atoms with Crippen LogP contribution in [0.2, 0.25) is 10.0 Å². The minimum atomic E-state index is -0.560. The molecule has 0 aliphatic carbocycles. The highest BCUT2D eigenvalue weighted by molar-refractivity contribution is 8.18. The topological polar surface area (TPSA) is 39.2 Å². The summed E-state index contributed by atoms with van der Waals surface area (Å²) >= 11 is 14.0. The van der Waals surface area contributed by atoms with Crippen LogP contribution in [0.5, 0.6) is 0 Å². The van der Waals surface area contributed by atoms with Crippen LogP contribution in [0.1, 0.15) is 44.4 Å². The normalized spacial score (nSPS) is 26.1. The Morgan fingerprint density at radius 1 is 1.11 bits per heavy atom. The molecule has 2 aromatic rings. The van der Waals surface area contributed by atoms with Gasteiger partial charge in [0.15, 0.2) is 5.17 Å². The fraction of sp³-hybridized carbons (Fsp3) is 0.429. The summed E-state index contributed by atoms with van der Waals surface area (Å²) in [5, 5.41) is 2.26. The molecule has 8 heteroatoms. The number of allylic oxidation sites excluding steroid dienone is 1. The fourth-order valence-corrected chi connectivity index (χ4v) is 7.26. The van der Waals surface area contributed by atoms with Gasteiger partial charge in [0.05, 0.1) is 6.04 Å². The van der Waals surface area contributed by atoms with E-state index in [0.29, 0.717) is 10.0 Å². The van der Waals surface area contributed by atoms with E-state index in [4.69, 9.17) is 28.2 Å². The predicted molar refractivity (Wildman–Crippen MR) is 150 cm³/mol. The van der Waals surface area contributed by atoms with Gasteiger partial charge in [0.25, 0.3) is 5.91 Å². The standard InChI is InChI=1S/C28H32Cl2N4OS/c1-17(2)23-24(26(35)33(5)22-14-15-32(4)16-22)36-27-31-28(3,19-8-12-21(30)13-9-19)25(34(23)27)18-6-10-20(29)11-7-18/h6-13,17,22,25H,14-16H2,1-5H3/t22-,25-,28+/m1/s1. The van der Waals surface area contributed by atoms with Gasteiger partial charge >= 0.3 is 0 Å². The number of carbonyl (C=O) groups is 1. The highest BCUT2D eigenvalue weighted by Gasteiger charge is 2.53. The van der Waals surface area contributed by atoms with E-state index in [2.05, 4.69) is 61.9 Å². The monoisotopic (exact) mass is 542 g/mol. The smallest absolute Gasteiger partial charge is 0.262 e. The summed E-state index contributed by atoms with van der Waals surface area (Å²) in [6.07, 6.45) is 1.00. The first-order chi connectivity index (χ1) is 17.1. The molecule has 3 atom stereocenters. The van der Waals surface area contributed by atoms with Crippen molar-refractivity contribution in [1.82, 2.24) is 14.7 Å². The summed E-state index contributed by atoms with van der Waals surface area (Å²) < 4.78 is 0. The molecule has 36 heavy (non-hydrogen) atoms. The fourth-order valence-electron chi connectivity index (χ4n) is 5.62. The summed E-state index contributed by atoms with van der Waals surface area (Å²) in [6, 6.07) is 16.0. The maximum atomic E-state index is 13.9. The van der Waals surface area contributed by atoms with Crippen molar-refractivity contribution >= 4 is 46.0 Å². The third-order valence-electron chi connectivity index (χ3n) is 7.60. The van der Waals surface area contributed by atoms with Crippen molar-refractivity contribution in [2.45, 2.75) is 44.8 Å². The second-order valence-corrected chi connectivity index (χ2v) is 12.3. The third-order valence-corrected chi connectivity index (χ3v) is 9.16. The van der Waals surface area contributed by atoms with E-state index in [-0.39, 0.29) is 23.9 Å². The highest BCUT2D eigenvalue weighted by Crippen LogP contribution is 2.56. The number of thioether (sulfide) groups is 1. The van der Waals surface area contributed by atoms with Crippen molar-refractivity contribution in [2.24, 2.45) is 10.9 Å². The van der Waals surface area contributed by atoms with Crippen LogP contribution in [0.25, 0.3) is 0 Å². The number of hydrogen-bond donors (Lipinski definition) is 0. The van der Waals surface area contributed by atoms with Gasteiger partial charge in [-0.3, -0.25) is 4.79 Å². The van der Waals surface area contributed by atoms with Crippen LogP contribution in [0.3, 0.4) is 0 Å². The first kappa shape index (κ1) is 25.7. The molecule has 0 unspecified atom stereocenters. The van der Waals surface area contributed by atoms with Gasteiger partial charge in [-0.25, -0.2) is 4.99 Å². The van der Waals surface area contributed by atoms with Crippen LogP contribution >= 0.6 is 35.0 Å². The second-order valence-electron chi connectivity index (χ2n) is 10.5. The Morgan fingerprint density at radius 3 is 2.28 bits per heavy atom. The first-order valence-electron chi connectivity index (χ1n) is 12.4. The number of likely N-dealkylation sites (tertiary alicyclic amines) is 1. The van der Waals surface area contributed by atoms with Crippen molar-refractivity contribution in [2.75, 3.05) is 27.2 Å². The highest BCUT2D eigenvalue weighted by atomic mass is 35.5. The zero-order chi connectivity index (χ0) is 25.8. The number of fused-ring (bicyclic) bond motifs is 1. The Kier molecular flexibility index (Phi) is 6.92. The molecular weight excluding hydrogens is 511 g/mol. The molecule has 190 valence electrons. The van der Waals surface area contributed by atoms with Gasteiger partial charge in [0, 0.05) is 35.4 Å². The van der Waals surface area contributed by atoms with Crippen LogP contribution in [0, 0.1) is 5.92 Å². The van der Waals surface area contributed by atoms with Crippen LogP contribution in [0.4, 0.5) is 0 Å². The molecule has 5 nitrogen and oxygen atoms in total. The average Bonchev–Trinajstić information content (AvgIpc) is 3.51. The number of carbonyl (C=O) groups excluding carboxylic acids is 1. The molecule has 0 N–H and O–H groups in total. The van der Waals surface area contributed by atoms with E-state index in [0.717, 1.165) is 46.4 Å². The lowest BCUT2D eigenvalue weighted by atomic mass is 9.81. The molecular formula is C28H32Cl2N4OS. The minimum absolute atomic E-state index is 0.0872. The van der Waals surface area contributed by atoms with E-state index in [1.165, 1.54) is 11.8 Å². The number of hydrogen-bond acceptors (Lipinski definition) is 5. The Balaban J connectivity index is 1.60. The third kappa shape index (κ3) is 4.36. The minimum Gasteiger partial charge on any atom is -0.337 e. The van der Waals surface area contributed by atoms with Crippen LogP contribution < -0.4 is 0 Å². The molecule has 5 rings (SSSR count). The maximum absolute atomic E-state index is 13.9. The summed E-state index contributed by atoms with van der Waals surface area (Å²) in [4.78, 5) is 26.5. The number of rotatable bonds is 5. The van der Waals surface area contributed by atoms with Gasteiger partial charge in [-0.05, 0) is 80.0 Å². The van der Waals surface area contributed by atoms with E-state index < -0.39 is 5.54 Å². The molecule has 2 aromatic carbocycles. The molecule has 1 amide bonds. The zero-order valence-corrected chi connectivity index (χ0v) is 23.7. The molecule has 3 aliphatic rings. The predicted octanol–water partition coefficient (Wildman–Crippen LogP) is 6.40. The van der Waals surface area contributed by atoms with Gasteiger partial charge in [0.2, 0.25) is 0 Å². The van der Waals surface area contributed by atoms with Crippen LogP contribution in [0.15, 0.2) is 64.1 Å². The average molecular weight is 544 g/mol. The number of amides is 1. The lowest BCUT2D eigenvalue weighted by Crippen LogP contribution is -2.40. The number of amidine groups is 1. The SMILES string of the molecule is CC(C)C1=C(C(=O)N(C)[C@@H]2CCN(C)C2)SC2=N[C@@](C)(c3ccc(Cl)cc3)[C@@H](c3ccc(Cl)cc3)N21. The van der Waals surface area contributed by atoms with E-state index >= 15 is 0 Å². The van der Waals surface area contributed by atoms with Crippen molar-refractivity contribution in [3.63, 3.8) is 0 Å². The Morgan fingerprint density at radius 2 is 1.72 bits per heavy atom. The molecule has 0 spiro atoms. The van der Waals surface area contributed by atoms with Gasteiger partial charge in [0.1, 0.15) is 10.4 Å². The van der Waals surface area contributed by atoms with Crippen molar-refractivity contribution < 1.29 is 4.79 Å². The van der Waals surface area contributed by atoms with Crippen molar-refractivity contribution in [1.29, 1.82) is 0 Å². The summed E-state index contributed by atoms with van der Waals surface area (Å²) in [6.45, 7) is 8.41.